The lowest BCUT2D eigenvalue weighted by molar-refractivity contribution is -0.384. The summed E-state index contributed by atoms with van der Waals surface area (Å²) in [5.74, 6) is 1.08. The molecule has 0 aliphatic carbocycles. The van der Waals surface area contributed by atoms with E-state index in [4.69, 9.17) is 23.4 Å². The predicted molar refractivity (Wildman–Crippen MR) is 156 cm³/mol. The molecule has 0 unspecified atom stereocenters. The Kier molecular flexibility index (Phi) is 10.0. The molecule has 2 atom stereocenters. The zero-order valence-electron chi connectivity index (χ0n) is 24.3. The van der Waals surface area contributed by atoms with Gasteiger partial charge in [0.2, 0.25) is 0 Å². The molecule has 1 aliphatic heterocycles. The Labute approximate surface area is 251 Å². The molecule has 15 heteroatoms. The third kappa shape index (κ3) is 7.25. The van der Waals surface area contributed by atoms with Crippen LogP contribution in [-0.2, 0) is 9.53 Å². The molecule has 44 heavy (non-hydrogen) atoms. The van der Waals surface area contributed by atoms with Crippen molar-refractivity contribution in [2.75, 3.05) is 27.4 Å². The van der Waals surface area contributed by atoms with Crippen LogP contribution >= 0.6 is 0 Å². The molecule has 1 aromatic heterocycles. The van der Waals surface area contributed by atoms with E-state index in [1.165, 1.54) is 38.6 Å². The summed E-state index contributed by atoms with van der Waals surface area (Å²) in [6.07, 6.45) is 0.0884. The number of nitro groups is 1. The highest BCUT2D eigenvalue weighted by atomic mass is 16.6. The van der Waals surface area contributed by atoms with Crippen molar-refractivity contribution in [3.8, 4) is 28.6 Å². The molecule has 2 aromatic carbocycles. The maximum atomic E-state index is 12.4. The average Bonchev–Trinajstić information content (AvgIpc) is 3.48. The van der Waals surface area contributed by atoms with Crippen LogP contribution in [0.2, 0.25) is 0 Å². The van der Waals surface area contributed by atoms with Gasteiger partial charge in [-0.25, -0.2) is 9.59 Å². The number of aliphatic hydroxyl groups excluding tert-OH is 1. The van der Waals surface area contributed by atoms with Gasteiger partial charge in [-0.1, -0.05) is 6.07 Å². The van der Waals surface area contributed by atoms with Gasteiger partial charge in [-0.05, 0) is 49.7 Å². The van der Waals surface area contributed by atoms with Crippen LogP contribution in [-0.4, -0.2) is 61.9 Å². The summed E-state index contributed by atoms with van der Waals surface area (Å²) in [5.41, 5.74) is 3.97. The Balaban J connectivity index is 1.41. The second-order valence-corrected chi connectivity index (χ2v) is 9.26. The van der Waals surface area contributed by atoms with Gasteiger partial charge in [0.15, 0.2) is 17.7 Å². The number of rotatable bonds is 13. The van der Waals surface area contributed by atoms with Gasteiger partial charge in [-0.3, -0.25) is 15.5 Å². The van der Waals surface area contributed by atoms with E-state index < -0.39 is 29.2 Å². The first-order valence-electron chi connectivity index (χ1n) is 13.3. The number of furan rings is 1. The number of carbonyl (C=O) groups is 2. The molecule has 0 radical (unpaired) electrons. The van der Waals surface area contributed by atoms with E-state index in [-0.39, 0.29) is 17.9 Å². The Bertz CT molecular complexity index is 1600. The molecule has 1 aliphatic rings. The maximum absolute atomic E-state index is 12.4. The number of carbonyl (C=O) groups excluding carboxylic acids is 2. The number of methoxy groups -OCH3 is 2. The SMILES string of the molecule is CCOc1cc([C@H]2NC(=O)NC(C)=C2C(=O)OC)ccc1OC[C@@H](O)N/N=C/c1ccc(-c2cc([N+](=O)[O-])ccc2OC)o1. The van der Waals surface area contributed by atoms with Crippen LogP contribution < -0.4 is 30.3 Å². The number of non-ortho nitro benzene ring substituents is 1. The number of nitrogens with zero attached hydrogens (tertiary/aromatic N) is 2. The average molecular weight is 610 g/mol. The fourth-order valence-corrected chi connectivity index (χ4v) is 4.38. The quantitative estimate of drug-likeness (QED) is 0.0729. The largest absolute Gasteiger partial charge is 0.496 e. The van der Waals surface area contributed by atoms with Crippen molar-refractivity contribution in [3.05, 3.63) is 81.2 Å². The Morgan fingerprint density at radius 2 is 1.93 bits per heavy atom. The van der Waals surface area contributed by atoms with Crippen molar-refractivity contribution in [2.45, 2.75) is 26.1 Å². The minimum atomic E-state index is -1.23. The van der Waals surface area contributed by atoms with Crippen LogP contribution in [0.3, 0.4) is 0 Å². The topological polar surface area (TPSA) is 196 Å². The lowest BCUT2D eigenvalue weighted by Crippen LogP contribution is -2.45. The van der Waals surface area contributed by atoms with Crippen LogP contribution in [0, 0.1) is 10.1 Å². The van der Waals surface area contributed by atoms with E-state index >= 15 is 0 Å². The van der Waals surface area contributed by atoms with E-state index in [9.17, 15) is 24.8 Å². The molecule has 4 N–H and O–H groups in total. The second kappa shape index (κ2) is 14.1. The molecule has 0 bridgehead atoms. The van der Waals surface area contributed by atoms with Crippen LogP contribution in [0.5, 0.6) is 17.2 Å². The minimum absolute atomic E-state index is 0.115. The number of urea groups is 1. The van der Waals surface area contributed by atoms with Gasteiger partial charge in [-0.15, -0.1) is 0 Å². The molecular weight excluding hydrogens is 578 g/mol. The summed E-state index contributed by atoms with van der Waals surface area (Å²) < 4.78 is 27.4. The third-order valence-corrected chi connectivity index (χ3v) is 6.37. The predicted octanol–water partition coefficient (Wildman–Crippen LogP) is 3.38. The molecule has 0 spiro atoms. The molecule has 0 saturated carbocycles. The van der Waals surface area contributed by atoms with Crippen molar-refractivity contribution in [1.82, 2.24) is 16.1 Å². The Morgan fingerprint density at radius 1 is 1.16 bits per heavy atom. The Morgan fingerprint density at radius 3 is 2.64 bits per heavy atom. The zero-order chi connectivity index (χ0) is 31.8. The van der Waals surface area contributed by atoms with Crippen molar-refractivity contribution >= 4 is 23.9 Å². The first-order chi connectivity index (χ1) is 21.1. The van der Waals surface area contributed by atoms with Gasteiger partial charge >= 0.3 is 12.0 Å². The number of nitrogens with one attached hydrogen (secondary N) is 3. The molecule has 3 aromatic rings. The highest BCUT2D eigenvalue weighted by Crippen LogP contribution is 2.36. The highest BCUT2D eigenvalue weighted by molar-refractivity contribution is 5.95. The van der Waals surface area contributed by atoms with Gasteiger partial charge in [0.05, 0.1) is 49.1 Å². The number of esters is 1. The molecule has 2 amide bonds. The first-order valence-corrected chi connectivity index (χ1v) is 13.3. The zero-order valence-corrected chi connectivity index (χ0v) is 24.3. The van der Waals surface area contributed by atoms with E-state index in [1.807, 2.05) is 0 Å². The smallest absolute Gasteiger partial charge is 0.337 e. The Hall–Kier alpha value is -5.57. The number of ether oxygens (including phenoxy) is 4. The van der Waals surface area contributed by atoms with Crippen LogP contribution in [0.25, 0.3) is 11.3 Å². The maximum Gasteiger partial charge on any atom is 0.337 e. The number of benzene rings is 2. The summed E-state index contributed by atoms with van der Waals surface area (Å²) >= 11 is 0. The van der Waals surface area contributed by atoms with E-state index in [0.29, 0.717) is 52.2 Å². The molecule has 15 nitrogen and oxygen atoms in total. The van der Waals surface area contributed by atoms with Crippen molar-refractivity contribution in [1.29, 1.82) is 0 Å². The normalized spacial score (nSPS) is 15.3. The molecule has 4 rings (SSSR count). The standard InChI is InChI=1S/C29H31N5O10/c1-5-42-24-12-17(27-26(28(36)41-4)16(2)31-29(37)32-27)6-9-23(24)43-15-25(35)33-30-14-19-8-11-22(44-19)20-13-18(34(38)39)7-10-21(20)40-3/h6-14,25,27,33,35H,5,15H2,1-4H3,(H2,31,32,37)/b30-14+/t25-,27-/m1/s1. The van der Waals surface area contributed by atoms with E-state index in [0.717, 1.165) is 0 Å². The molecule has 232 valence electrons. The van der Waals surface area contributed by atoms with E-state index in [2.05, 4.69) is 21.2 Å². The molecule has 0 saturated heterocycles. The number of hydrogen-bond acceptors (Lipinski definition) is 12. The lowest BCUT2D eigenvalue weighted by atomic mass is 9.95. The first kappa shape index (κ1) is 31.4. The van der Waals surface area contributed by atoms with E-state index in [1.54, 1.807) is 44.2 Å². The molecule has 2 heterocycles. The fraction of sp³-hybridized carbons (Fsp3) is 0.276. The summed E-state index contributed by atoms with van der Waals surface area (Å²) in [5, 5.41) is 30.8. The lowest BCUT2D eigenvalue weighted by Gasteiger charge is -2.28. The summed E-state index contributed by atoms with van der Waals surface area (Å²) in [6.45, 7) is 3.47. The summed E-state index contributed by atoms with van der Waals surface area (Å²) in [4.78, 5) is 35.2. The van der Waals surface area contributed by atoms with Gasteiger partial charge < -0.3 is 39.1 Å². The van der Waals surface area contributed by atoms with Crippen molar-refractivity contribution in [3.63, 3.8) is 0 Å². The molecular formula is C29H31N5O10. The highest BCUT2D eigenvalue weighted by Gasteiger charge is 2.32. The molecule has 0 fully saturated rings. The fourth-order valence-electron chi connectivity index (χ4n) is 4.38. The number of aliphatic hydroxyl groups is 1. The minimum Gasteiger partial charge on any atom is -0.496 e. The number of nitro benzene ring substituents is 1. The number of amides is 2. The van der Waals surface area contributed by atoms with Gasteiger partial charge in [0, 0.05) is 17.8 Å². The second-order valence-electron chi connectivity index (χ2n) is 9.26. The van der Waals surface area contributed by atoms with Crippen LogP contribution in [0.4, 0.5) is 10.5 Å². The van der Waals surface area contributed by atoms with Gasteiger partial charge in [-0.2, -0.15) is 5.10 Å². The third-order valence-electron chi connectivity index (χ3n) is 6.37. The van der Waals surface area contributed by atoms with Crippen molar-refractivity contribution < 1.29 is 43.0 Å². The number of hydrazone groups is 1. The summed E-state index contributed by atoms with van der Waals surface area (Å²) in [6, 6.07) is 11.0. The van der Waals surface area contributed by atoms with Crippen LogP contribution in [0.1, 0.15) is 31.2 Å². The number of hydrogen-bond donors (Lipinski definition) is 4. The summed E-state index contributed by atoms with van der Waals surface area (Å²) in [7, 11) is 2.70. The van der Waals surface area contributed by atoms with Gasteiger partial charge in [0.25, 0.3) is 5.69 Å². The van der Waals surface area contributed by atoms with Gasteiger partial charge in [0.1, 0.15) is 23.9 Å². The number of allylic oxidation sites excluding steroid dienone is 1. The monoisotopic (exact) mass is 609 g/mol. The van der Waals surface area contributed by atoms with Crippen LogP contribution in [0.15, 0.2) is 69.3 Å². The van der Waals surface area contributed by atoms with Crippen molar-refractivity contribution in [2.24, 2.45) is 5.10 Å².